The third-order valence-corrected chi connectivity index (χ3v) is 1.87. The van der Waals surface area contributed by atoms with Crippen LogP contribution in [0.4, 0.5) is 5.69 Å². The normalized spacial score (nSPS) is 9.73. The minimum Gasteiger partial charge on any atom is -0.377 e. The summed E-state index contributed by atoms with van der Waals surface area (Å²) in [5.74, 6) is 0. The van der Waals surface area contributed by atoms with Gasteiger partial charge in [-0.1, -0.05) is 12.1 Å². The Morgan fingerprint density at radius 1 is 1.36 bits per heavy atom. The van der Waals surface area contributed by atoms with Crippen molar-refractivity contribution in [2.45, 2.75) is 13.8 Å². The molecule has 1 rings (SSSR count). The van der Waals surface area contributed by atoms with E-state index in [4.69, 9.17) is 5.11 Å². The van der Waals surface area contributed by atoms with Gasteiger partial charge in [0.1, 0.15) is 6.73 Å². The van der Waals surface area contributed by atoms with Crippen molar-refractivity contribution in [1.82, 2.24) is 0 Å². The van der Waals surface area contributed by atoms with Crippen LogP contribution in [0.2, 0.25) is 0 Å². The Kier molecular flexibility index (Phi) is 2.49. The van der Waals surface area contributed by atoms with Gasteiger partial charge in [-0.05, 0) is 31.0 Å². The minimum atomic E-state index is -0.00963. The lowest BCUT2D eigenvalue weighted by molar-refractivity contribution is 0.325. The van der Waals surface area contributed by atoms with E-state index >= 15 is 0 Å². The molecule has 60 valence electrons. The largest absolute Gasteiger partial charge is 0.377 e. The maximum Gasteiger partial charge on any atom is 0.113 e. The molecule has 0 saturated heterocycles. The summed E-state index contributed by atoms with van der Waals surface area (Å²) in [5, 5.41) is 11.5. The van der Waals surface area contributed by atoms with Crippen LogP contribution in [-0.2, 0) is 0 Å². The van der Waals surface area contributed by atoms with E-state index in [1.807, 2.05) is 19.1 Å². The Hall–Kier alpha value is -1.02. The van der Waals surface area contributed by atoms with Gasteiger partial charge in [0, 0.05) is 5.69 Å². The van der Waals surface area contributed by atoms with Crippen molar-refractivity contribution in [1.29, 1.82) is 0 Å². The molecule has 0 radical (unpaired) electrons. The zero-order valence-electron chi connectivity index (χ0n) is 6.89. The molecule has 0 aromatic heterocycles. The number of hydrogen-bond acceptors (Lipinski definition) is 2. The summed E-state index contributed by atoms with van der Waals surface area (Å²) in [5.41, 5.74) is 3.44. The molecule has 0 amide bonds. The second kappa shape index (κ2) is 3.39. The van der Waals surface area contributed by atoms with E-state index in [1.54, 1.807) is 0 Å². The topological polar surface area (TPSA) is 32.3 Å². The van der Waals surface area contributed by atoms with Crippen molar-refractivity contribution in [3.05, 3.63) is 29.3 Å². The summed E-state index contributed by atoms with van der Waals surface area (Å²) >= 11 is 0. The van der Waals surface area contributed by atoms with Crippen LogP contribution in [-0.4, -0.2) is 11.8 Å². The molecular formula is C9H13NO. The average molecular weight is 151 g/mol. The molecule has 0 atom stereocenters. The van der Waals surface area contributed by atoms with Crippen molar-refractivity contribution < 1.29 is 5.11 Å². The van der Waals surface area contributed by atoms with Crippen LogP contribution in [0.15, 0.2) is 18.2 Å². The Morgan fingerprint density at radius 2 is 2.09 bits per heavy atom. The second-order valence-electron chi connectivity index (χ2n) is 2.58. The number of rotatable bonds is 2. The van der Waals surface area contributed by atoms with Gasteiger partial charge in [-0.25, -0.2) is 0 Å². The number of nitrogens with one attached hydrogen (secondary N) is 1. The van der Waals surface area contributed by atoms with Crippen LogP contribution >= 0.6 is 0 Å². The lowest BCUT2D eigenvalue weighted by Crippen LogP contribution is -2.01. The number of aliphatic hydroxyl groups excluding tert-OH is 1. The van der Waals surface area contributed by atoms with Gasteiger partial charge in [-0.2, -0.15) is 0 Å². The number of aliphatic hydroxyl groups is 1. The van der Waals surface area contributed by atoms with Crippen molar-refractivity contribution >= 4 is 5.69 Å². The minimum absolute atomic E-state index is 0.00963. The van der Waals surface area contributed by atoms with Crippen molar-refractivity contribution in [2.24, 2.45) is 0 Å². The van der Waals surface area contributed by atoms with E-state index in [-0.39, 0.29) is 6.73 Å². The predicted octanol–water partition coefficient (Wildman–Crippen LogP) is 1.67. The van der Waals surface area contributed by atoms with E-state index in [2.05, 4.69) is 18.3 Å². The quantitative estimate of drug-likeness (QED) is 0.630. The van der Waals surface area contributed by atoms with Gasteiger partial charge >= 0.3 is 0 Å². The molecular weight excluding hydrogens is 138 g/mol. The lowest BCUT2D eigenvalue weighted by Gasteiger charge is -2.08. The zero-order chi connectivity index (χ0) is 8.27. The summed E-state index contributed by atoms with van der Waals surface area (Å²) in [6.45, 7) is 4.08. The van der Waals surface area contributed by atoms with Gasteiger partial charge in [-0.15, -0.1) is 0 Å². The zero-order valence-corrected chi connectivity index (χ0v) is 6.89. The molecule has 1 aromatic carbocycles. The molecule has 0 unspecified atom stereocenters. The monoisotopic (exact) mass is 151 g/mol. The van der Waals surface area contributed by atoms with Gasteiger partial charge in [0.2, 0.25) is 0 Å². The predicted molar refractivity (Wildman–Crippen MR) is 46.6 cm³/mol. The summed E-state index contributed by atoms with van der Waals surface area (Å²) in [7, 11) is 0. The first kappa shape index (κ1) is 8.08. The molecule has 1 aromatic rings. The first-order valence-corrected chi connectivity index (χ1v) is 3.66. The first-order chi connectivity index (χ1) is 5.25. The lowest BCUT2D eigenvalue weighted by atomic mass is 10.1. The van der Waals surface area contributed by atoms with Gasteiger partial charge < -0.3 is 10.4 Å². The average Bonchev–Trinajstić information content (AvgIpc) is 1.99. The molecule has 0 bridgehead atoms. The van der Waals surface area contributed by atoms with E-state index in [0.29, 0.717) is 0 Å². The number of hydrogen-bond donors (Lipinski definition) is 2. The number of aryl methyl sites for hydroxylation is 1. The van der Waals surface area contributed by atoms with Gasteiger partial charge in [0.05, 0.1) is 0 Å². The van der Waals surface area contributed by atoms with Crippen LogP contribution in [0.5, 0.6) is 0 Å². The molecule has 0 heterocycles. The smallest absolute Gasteiger partial charge is 0.113 e. The summed E-state index contributed by atoms with van der Waals surface area (Å²) < 4.78 is 0. The fourth-order valence-electron chi connectivity index (χ4n) is 1.03. The maximum atomic E-state index is 8.62. The highest BCUT2D eigenvalue weighted by Gasteiger charge is 1.97. The highest BCUT2D eigenvalue weighted by Crippen LogP contribution is 2.16. The molecule has 0 spiro atoms. The van der Waals surface area contributed by atoms with Gasteiger partial charge in [-0.3, -0.25) is 0 Å². The molecule has 0 fully saturated rings. The molecule has 2 nitrogen and oxygen atoms in total. The van der Waals surface area contributed by atoms with Gasteiger partial charge in [0.15, 0.2) is 0 Å². The maximum absolute atomic E-state index is 8.62. The summed E-state index contributed by atoms with van der Waals surface area (Å²) in [4.78, 5) is 0. The van der Waals surface area contributed by atoms with E-state index in [0.717, 1.165) is 5.69 Å². The molecule has 11 heavy (non-hydrogen) atoms. The standard InChI is InChI=1S/C9H13NO/c1-7-4-3-5-9(8(7)2)10-6-11/h3-5,10-11H,6H2,1-2H3. The van der Waals surface area contributed by atoms with Gasteiger partial charge in [0.25, 0.3) is 0 Å². The Balaban J connectivity index is 2.96. The third-order valence-electron chi connectivity index (χ3n) is 1.87. The molecule has 0 aliphatic rings. The summed E-state index contributed by atoms with van der Waals surface area (Å²) in [6.07, 6.45) is 0. The highest BCUT2D eigenvalue weighted by molar-refractivity contribution is 5.53. The van der Waals surface area contributed by atoms with E-state index in [1.165, 1.54) is 11.1 Å². The molecule has 2 N–H and O–H groups in total. The third kappa shape index (κ3) is 1.71. The molecule has 0 aliphatic carbocycles. The van der Waals surface area contributed by atoms with Crippen molar-refractivity contribution in [3.63, 3.8) is 0 Å². The second-order valence-corrected chi connectivity index (χ2v) is 2.58. The van der Waals surface area contributed by atoms with Crippen LogP contribution in [0, 0.1) is 13.8 Å². The number of benzene rings is 1. The van der Waals surface area contributed by atoms with Crippen molar-refractivity contribution in [2.75, 3.05) is 12.0 Å². The molecule has 0 saturated carbocycles. The Bertz CT molecular complexity index is 245. The fraction of sp³-hybridized carbons (Fsp3) is 0.333. The Labute approximate surface area is 66.9 Å². The molecule has 0 aliphatic heterocycles. The first-order valence-electron chi connectivity index (χ1n) is 3.66. The Morgan fingerprint density at radius 3 is 2.73 bits per heavy atom. The van der Waals surface area contributed by atoms with Crippen LogP contribution in [0.25, 0.3) is 0 Å². The van der Waals surface area contributed by atoms with Crippen LogP contribution < -0.4 is 5.32 Å². The van der Waals surface area contributed by atoms with E-state index < -0.39 is 0 Å². The van der Waals surface area contributed by atoms with Crippen LogP contribution in [0.1, 0.15) is 11.1 Å². The number of anilines is 1. The van der Waals surface area contributed by atoms with Crippen LogP contribution in [0.3, 0.4) is 0 Å². The summed E-state index contributed by atoms with van der Waals surface area (Å²) in [6, 6.07) is 5.98. The highest BCUT2D eigenvalue weighted by atomic mass is 16.3. The van der Waals surface area contributed by atoms with Crippen molar-refractivity contribution in [3.8, 4) is 0 Å². The fourth-order valence-corrected chi connectivity index (χ4v) is 1.03. The molecule has 2 heteroatoms. The SMILES string of the molecule is Cc1cccc(NCO)c1C. The van der Waals surface area contributed by atoms with E-state index in [9.17, 15) is 0 Å².